The van der Waals surface area contributed by atoms with E-state index in [1.807, 2.05) is 34.6 Å². The summed E-state index contributed by atoms with van der Waals surface area (Å²) < 4.78 is 12.2. The predicted octanol–water partition coefficient (Wildman–Crippen LogP) is 2.47. The molecule has 2 bridgehead atoms. The van der Waals surface area contributed by atoms with Crippen LogP contribution in [-0.4, -0.2) is 70.3 Å². The number of ether oxygens (including phenoxy) is 2. The van der Waals surface area contributed by atoms with Crippen LogP contribution in [0.3, 0.4) is 0 Å². The Hall–Kier alpha value is -2.65. The lowest BCUT2D eigenvalue weighted by Gasteiger charge is -2.37. The largest absolute Gasteiger partial charge is 0.494 e. The molecule has 3 fully saturated rings. The Balaban J connectivity index is 1.71. The minimum Gasteiger partial charge on any atom is -0.494 e. The molecular weight excluding hydrogens is 462 g/mol. The third kappa shape index (κ3) is 4.06. The lowest BCUT2D eigenvalue weighted by atomic mass is 9.65. The SMILES string of the molecule is CCOc1ccc(NC(=O)[C@@H]2[C@H]3C(=O)N([C@@H](CC)CO)C(C(=O)NC(C)C)C34CC[C@@]2(CC)O4)cc1. The van der Waals surface area contributed by atoms with Gasteiger partial charge >= 0.3 is 0 Å². The molecule has 6 atom stereocenters. The van der Waals surface area contributed by atoms with E-state index in [1.54, 1.807) is 24.3 Å². The van der Waals surface area contributed by atoms with Crippen molar-refractivity contribution in [1.82, 2.24) is 10.2 Å². The van der Waals surface area contributed by atoms with Crippen LogP contribution in [0.4, 0.5) is 5.69 Å². The number of nitrogens with one attached hydrogen (secondary N) is 2. The van der Waals surface area contributed by atoms with E-state index >= 15 is 0 Å². The minimum absolute atomic E-state index is 0.128. The Bertz CT molecular complexity index is 994. The first-order valence-corrected chi connectivity index (χ1v) is 13.1. The van der Waals surface area contributed by atoms with Crippen LogP contribution < -0.4 is 15.4 Å². The summed E-state index contributed by atoms with van der Waals surface area (Å²) in [6.45, 7) is 9.76. The van der Waals surface area contributed by atoms with Crippen molar-refractivity contribution in [3.05, 3.63) is 24.3 Å². The first-order chi connectivity index (χ1) is 17.2. The topological polar surface area (TPSA) is 117 Å². The van der Waals surface area contributed by atoms with Crippen molar-refractivity contribution in [2.24, 2.45) is 11.8 Å². The van der Waals surface area contributed by atoms with Crippen LogP contribution in [-0.2, 0) is 19.1 Å². The second-order valence-electron chi connectivity index (χ2n) is 10.4. The van der Waals surface area contributed by atoms with Gasteiger partial charge in [0.2, 0.25) is 17.7 Å². The van der Waals surface area contributed by atoms with Gasteiger partial charge in [-0.1, -0.05) is 13.8 Å². The number of benzene rings is 1. The predicted molar refractivity (Wildman–Crippen MR) is 134 cm³/mol. The number of hydrogen-bond acceptors (Lipinski definition) is 6. The van der Waals surface area contributed by atoms with E-state index in [0.717, 1.165) is 0 Å². The molecule has 1 aromatic carbocycles. The number of carbonyl (C=O) groups is 3. The standard InChI is InChI=1S/C27H39N3O6/c1-6-18(15-31)30-22(24(33)28-16(4)5)27-14-13-26(7-2,36-27)20(21(27)25(30)34)23(32)29-17-9-11-19(12-10-17)35-8-3/h9-12,16,18,20-22,31H,6-8,13-15H2,1-5H3,(H,28,33)(H,29,32)/t18-,20-,21-,22?,26+,27?/m0/s1. The van der Waals surface area contributed by atoms with Crippen molar-refractivity contribution in [1.29, 1.82) is 0 Å². The lowest BCUT2D eigenvalue weighted by molar-refractivity contribution is -0.150. The highest BCUT2D eigenvalue weighted by atomic mass is 16.5. The van der Waals surface area contributed by atoms with E-state index in [2.05, 4.69) is 10.6 Å². The highest BCUT2D eigenvalue weighted by molar-refractivity contribution is 6.02. The van der Waals surface area contributed by atoms with Crippen molar-refractivity contribution >= 4 is 23.4 Å². The van der Waals surface area contributed by atoms with Crippen LogP contribution in [0.5, 0.6) is 5.75 Å². The fourth-order valence-corrected chi connectivity index (χ4v) is 6.55. The highest BCUT2D eigenvalue weighted by Crippen LogP contribution is 2.64. The van der Waals surface area contributed by atoms with Gasteiger partial charge in [0.15, 0.2) is 0 Å². The van der Waals surface area contributed by atoms with E-state index in [-0.39, 0.29) is 30.4 Å². The molecule has 0 aromatic heterocycles. The van der Waals surface area contributed by atoms with E-state index in [4.69, 9.17) is 9.47 Å². The zero-order chi connectivity index (χ0) is 26.3. The zero-order valence-electron chi connectivity index (χ0n) is 21.9. The summed E-state index contributed by atoms with van der Waals surface area (Å²) in [6, 6.07) is 5.56. The zero-order valence-corrected chi connectivity index (χ0v) is 21.9. The van der Waals surface area contributed by atoms with Crippen LogP contribution in [0.15, 0.2) is 24.3 Å². The molecule has 3 aliphatic heterocycles. The number of aliphatic hydroxyl groups is 1. The van der Waals surface area contributed by atoms with Gasteiger partial charge in [0, 0.05) is 11.7 Å². The van der Waals surface area contributed by atoms with Crippen LogP contribution in [0.2, 0.25) is 0 Å². The molecule has 9 nitrogen and oxygen atoms in total. The first-order valence-electron chi connectivity index (χ1n) is 13.1. The first kappa shape index (κ1) is 26.4. The number of fused-ring (bicyclic) bond motifs is 1. The summed E-state index contributed by atoms with van der Waals surface area (Å²) in [5, 5.41) is 16.0. The van der Waals surface area contributed by atoms with Gasteiger partial charge in [-0.2, -0.15) is 0 Å². The average Bonchev–Trinajstić information content (AvgIpc) is 3.45. The number of amides is 3. The molecule has 0 saturated carbocycles. The van der Waals surface area contributed by atoms with E-state index in [0.29, 0.717) is 43.7 Å². The van der Waals surface area contributed by atoms with Crippen LogP contribution in [0, 0.1) is 11.8 Å². The number of likely N-dealkylation sites (tertiary alicyclic amines) is 1. The number of aliphatic hydroxyl groups excluding tert-OH is 1. The molecule has 1 spiro atoms. The van der Waals surface area contributed by atoms with Gasteiger partial charge in [0.05, 0.1) is 36.7 Å². The lowest BCUT2D eigenvalue weighted by Crippen LogP contribution is -2.58. The van der Waals surface area contributed by atoms with Gasteiger partial charge in [0.1, 0.15) is 17.4 Å². The Morgan fingerprint density at radius 3 is 2.42 bits per heavy atom. The summed E-state index contributed by atoms with van der Waals surface area (Å²) in [4.78, 5) is 42.9. The minimum atomic E-state index is -1.10. The monoisotopic (exact) mass is 501 g/mol. The normalized spacial score (nSPS) is 31.5. The maximum atomic E-state index is 14.0. The Kier molecular flexibility index (Phi) is 7.35. The number of rotatable bonds is 10. The Morgan fingerprint density at radius 1 is 1.17 bits per heavy atom. The molecule has 3 heterocycles. The molecule has 9 heteroatoms. The molecule has 3 N–H and O–H groups in total. The summed E-state index contributed by atoms with van der Waals surface area (Å²) in [7, 11) is 0. The van der Waals surface area contributed by atoms with E-state index < -0.39 is 35.1 Å². The van der Waals surface area contributed by atoms with Gasteiger partial charge in [-0.05, 0) is 70.7 Å². The van der Waals surface area contributed by atoms with E-state index in [9.17, 15) is 19.5 Å². The molecule has 3 aliphatic rings. The van der Waals surface area contributed by atoms with Crippen molar-refractivity contribution in [2.75, 3.05) is 18.5 Å². The molecule has 0 aliphatic carbocycles. The second kappa shape index (κ2) is 10.0. The molecule has 3 saturated heterocycles. The molecule has 1 aromatic rings. The molecule has 3 amide bonds. The Labute approximate surface area is 212 Å². The van der Waals surface area contributed by atoms with Crippen LogP contribution in [0.25, 0.3) is 0 Å². The maximum Gasteiger partial charge on any atom is 0.246 e. The van der Waals surface area contributed by atoms with Crippen molar-refractivity contribution < 1.29 is 29.0 Å². The summed E-state index contributed by atoms with van der Waals surface area (Å²) in [6.07, 6.45) is 2.14. The Morgan fingerprint density at radius 2 is 1.86 bits per heavy atom. The number of carbonyl (C=O) groups excluding carboxylic acids is 3. The second-order valence-corrected chi connectivity index (χ2v) is 10.4. The van der Waals surface area contributed by atoms with Gasteiger partial charge in [-0.3, -0.25) is 14.4 Å². The summed E-state index contributed by atoms with van der Waals surface area (Å²) >= 11 is 0. The maximum absolute atomic E-state index is 14.0. The van der Waals surface area contributed by atoms with Crippen LogP contribution in [0.1, 0.15) is 60.3 Å². The molecule has 0 radical (unpaired) electrons. The van der Waals surface area contributed by atoms with Crippen molar-refractivity contribution in [3.8, 4) is 5.75 Å². The summed E-state index contributed by atoms with van der Waals surface area (Å²) in [5.41, 5.74) is -1.32. The molecule has 2 unspecified atom stereocenters. The highest BCUT2D eigenvalue weighted by Gasteiger charge is 2.79. The van der Waals surface area contributed by atoms with Crippen LogP contribution >= 0.6 is 0 Å². The van der Waals surface area contributed by atoms with Gasteiger partial charge < -0.3 is 30.1 Å². The number of nitrogens with zero attached hydrogens (tertiary/aromatic N) is 1. The van der Waals surface area contributed by atoms with Crippen molar-refractivity contribution in [3.63, 3.8) is 0 Å². The fraction of sp³-hybridized carbons (Fsp3) is 0.667. The quantitative estimate of drug-likeness (QED) is 0.454. The summed E-state index contributed by atoms with van der Waals surface area (Å²) in [5.74, 6) is -1.71. The van der Waals surface area contributed by atoms with E-state index in [1.165, 1.54) is 4.90 Å². The van der Waals surface area contributed by atoms with Crippen molar-refractivity contribution in [2.45, 2.75) is 89.6 Å². The third-order valence-electron chi connectivity index (χ3n) is 8.09. The molecular formula is C27H39N3O6. The van der Waals surface area contributed by atoms with Gasteiger partial charge in [-0.15, -0.1) is 0 Å². The molecule has 4 rings (SSSR count). The third-order valence-corrected chi connectivity index (χ3v) is 8.09. The van der Waals surface area contributed by atoms with Gasteiger partial charge in [-0.25, -0.2) is 0 Å². The molecule has 198 valence electrons. The molecule has 36 heavy (non-hydrogen) atoms. The average molecular weight is 502 g/mol. The number of anilines is 1. The van der Waals surface area contributed by atoms with Gasteiger partial charge in [0.25, 0.3) is 0 Å². The fourth-order valence-electron chi connectivity index (χ4n) is 6.55. The number of hydrogen-bond donors (Lipinski definition) is 3. The smallest absolute Gasteiger partial charge is 0.246 e.